The van der Waals surface area contributed by atoms with Crippen molar-refractivity contribution in [2.45, 2.75) is 32.6 Å². The minimum absolute atomic E-state index is 0.0610. The molecule has 3 nitrogen and oxygen atoms in total. The lowest BCUT2D eigenvalue weighted by atomic mass is 9.86. The van der Waals surface area contributed by atoms with E-state index in [1.165, 1.54) is 12.7 Å². The van der Waals surface area contributed by atoms with E-state index in [1.807, 2.05) is 19.1 Å². The molecule has 0 N–H and O–H groups in total. The summed E-state index contributed by atoms with van der Waals surface area (Å²) < 4.78 is 4.71. The van der Waals surface area contributed by atoms with Gasteiger partial charge in [0.1, 0.15) is 11.6 Å². The normalized spacial score (nSPS) is 18.5. The maximum Gasteiger partial charge on any atom is 0.348 e. The molecule has 0 radical (unpaired) electrons. The summed E-state index contributed by atoms with van der Waals surface area (Å²) in [5, 5.41) is 9.24. The number of benzene rings is 1. The molecule has 0 fully saturated rings. The van der Waals surface area contributed by atoms with E-state index in [0.717, 1.165) is 16.7 Å². The number of carbonyl (C=O) groups is 1. The Kier molecular flexibility index (Phi) is 3.20. The Labute approximate surface area is 113 Å². The van der Waals surface area contributed by atoms with E-state index in [1.54, 1.807) is 0 Å². The highest BCUT2D eigenvalue weighted by molar-refractivity contribution is 6.03. The first-order valence-electron chi connectivity index (χ1n) is 6.24. The summed E-state index contributed by atoms with van der Waals surface area (Å²) in [6.07, 6.45) is 0.684. The Morgan fingerprint density at radius 2 is 2.11 bits per heavy atom. The first-order chi connectivity index (χ1) is 8.90. The fraction of sp³-hybridized carbons (Fsp3) is 0.375. The van der Waals surface area contributed by atoms with Crippen LogP contribution >= 0.6 is 0 Å². The molecule has 1 aliphatic carbocycles. The molecule has 0 bridgehead atoms. The standard InChI is InChI=1S/C16H17NO2/c1-10-5-6-14-11(7-10)12(8-16(14,2)3)13(9-17)15(18)19-4/h5-7H,8H2,1-4H3. The summed E-state index contributed by atoms with van der Waals surface area (Å²) in [7, 11) is 1.30. The van der Waals surface area contributed by atoms with Crippen molar-refractivity contribution in [2.75, 3.05) is 7.11 Å². The Bertz CT molecular complexity index is 618. The van der Waals surface area contributed by atoms with Crippen molar-refractivity contribution in [1.82, 2.24) is 0 Å². The molecule has 0 unspecified atom stereocenters. The van der Waals surface area contributed by atoms with E-state index >= 15 is 0 Å². The van der Waals surface area contributed by atoms with Gasteiger partial charge in [-0.2, -0.15) is 5.26 Å². The Morgan fingerprint density at radius 3 is 2.68 bits per heavy atom. The van der Waals surface area contributed by atoms with Crippen molar-refractivity contribution in [3.05, 3.63) is 40.5 Å². The molecule has 1 aromatic carbocycles. The van der Waals surface area contributed by atoms with E-state index in [0.29, 0.717) is 6.42 Å². The zero-order valence-electron chi connectivity index (χ0n) is 11.7. The van der Waals surface area contributed by atoms with Crippen LogP contribution in [0.4, 0.5) is 0 Å². The second-order valence-corrected chi connectivity index (χ2v) is 5.57. The van der Waals surface area contributed by atoms with Crippen molar-refractivity contribution in [1.29, 1.82) is 5.26 Å². The summed E-state index contributed by atoms with van der Waals surface area (Å²) >= 11 is 0. The van der Waals surface area contributed by atoms with E-state index < -0.39 is 5.97 Å². The van der Waals surface area contributed by atoms with Crippen LogP contribution in [-0.4, -0.2) is 13.1 Å². The van der Waals surface area contributed by atoms with Crippen LogP contribution in [0, 0.1) is 18.3 Å². The third-order valence-corrected chi connectivity index (χ3v) is 3.65. The lowest BCUT2D eigenvalue weighted by Gasteiger charge is -2.18. The molecule has 0 aromatic heterocycles. The molecular formula is C16H17NO2. The zero-order valence-corrected chi connectivity index (χ0v) is 11.7. The number of fused-ring (bicyclic) bond motifs is 1. The fourth-order valence-electron chi connectivity index (χ4n) is 2.69. The van der Waals surface area contributed by atoms with Crippen LogP contribution in [0.5, 0.6) is 0 Å². The number of esters is 1. The number of nitrogens with zero attached hydrogens (tertiary/aromatic N) is 1. The van der Waals surface area contributed by atoms with Gasteiger partial charge in [-0.25, -0.2) is 4.79 Å². The van der Waals surface area contributed by atoms with Gasteiger partial charge in [0.2, 0.25) is 0 Å². The molecule has 1 aromatic rings. The van der Waals surface area contributed by atoms with Gasteiger partial charge >= 0.3 is 5.97 Å². The molecule has 0 heterocycles. The lowest BCUT2D eigenvalue weighted by molar-refractivity contribution is -0.135. The van der Waals surface area contributed by atoms with Crippen molar-refractivity contribution >= 4 is 11.5 Å². The molecule has 2 rings (SSSR count). The van der Waals surface area contributed by atoms with Gasteiger partial charge in [0.15, 0.2) is 0 Å². The average Bonchev–Trinajstić information content (AvgIpc) is 2.61. The van der Waals surface area contributed by atoms with Gasteiger partial charge in [-0.1, -0.05) is 37.6 Å². The predicted octanol–water partition coefficient (Wildman–Crippen LogP) is 3.13. The Hall–Kier alpha value is -2.08. The van der Waals surface area contributed by atoms with Gasteiger partial charge in [0.25, 0.3) is 0 Å². The SMILES string of the molecule is COC(=O)C(C#N)=C1CC(C)(C)c2ccc(C)cc21. The largest absolute Gasteiger partial charge is 0.465 e. The second kappa shape index (κ2) is 4.55. The van der Waals surface area contributed by atoms with Gasteiger partial charge in [-0.3, -0.25) is 0 Å². The number of nitriles is 1. The third-order valence-electron chi connectivity index (χ3n) is 3.65. The number of hydrogen-bond donors (Lipinski definition) is 0. The van der Waals surface area contributed by atoms with Crippen LogP contribution in [-0.2, 0) is 14.9 Å². The first-order valence-corrected chi connectivity index (χ1v) is 6.24. The number of hydrogen-bond acceptors (Lipinski definition) is 3. The van der Waals surface area contributed by atoms with Crippen LogP contribution < -0.4 is 0 Å². The molecule has 0 saturated carbocycles. The highest BCUT2D eigenvalue weighted by Gasteiger charge is 2.36. The number of ether oxygens (including phenoxy) is 1. The zero-order chi connectivity index (χ0) is 14.2. The summed E-state index contributed by atoms with van der Waals surface area (Å²) in [5.74, 6) is -0.553. The number of carbonyl (C=O) groups excluding carboxylic acids is 1. The van der Waals surface area contributed by atoms with Gasteiger partial charge < -0.3 is 4.74 Å². The predicted molar refractivity (Wildman–Crippen MR) is 73.4 cm³/mol. The highest BCUT2D eigenvalue weighted by Crippen LogP contribution is 2.46. The monoisotopic (exact) mass is 255 g/mol. The molecule has 0 spiro atoms. The molecule has 3 heteroatoms. The number of aryl methyl sites for hydroxylation is 1. The molecule has 1 aliphatic rings. The van der Waals surface area contributed by atoms with Crippen molar-refractivity contribution in [3.63, 3.8) is 0 Å². The van der Waals surface area contributed by atoms with Gasteiger partial charge in [0.05, 0.1) is 7.11 Å². The van der Waals surface area contributed by atoms with Crippen LogP contribution in [0.3, 0.4) is 0 Å². The van der Waals surface area contributed by atoms with Crippen LogP contribution in [0.2, 0.25) is 0 Å². The molecular weight excluding hydrogens is 238 g/mol. The molecule has 0 aliphatic heterocycles. The topological polar surface area (TPSA) is 50.1 Å². The fourth-order valence-corrected chi connectivity index (χ4v) is 2.69. The van der Waals surface area contributed by atoms with E-state index in [2.05, 4.69) is 26.0 Å². The maximum absolute atomic E-state index is 11.7. The third kappa shape index (κ3) is 2.15. The van der Waals surface area contributed by atoms with Crippen molar-refractivity contribution in [2.24, 2.45) is 0 Å². The summed E-state index contributed by atoms with van der Waals surface area (Å²) in [6, 6.07) is 8.19. The van der Waals surface area contributed by atoms with Crippen molar-refractivity contribution in [3.8, 4) is 6.07 Å². The molecule has 19 heavy (non-hydrogen) atoms. The van der Waals surface area contributed by atoms with Gasteiger partial charge in [0, 0.05) is 0 Å². The minimum atomic E-state index is -0.553. The molecule has 0 amide bonds. The Morgan fingerprint density at radius 1 is 1.42 bits per heavy atom. The number of rotatable bonds is 1. The average molecular weight is 255 g/mol. The number of methoxy groups -OCH3 is 1. The van der Waals surface area contributed by atoms with Crippen LogP contribution in [0.25, 0.3) is 5.57 Å². The molecule has 0 saturated heterocycles. The summed E-state index contributed by atoms with van der Waals surface area (Å²) in [4.78, 5) is 11.7. The smallest absolute Gasteiger partial charge is 0.348 e. The lowest BCUT2D eigenvalue weighted by Crippen LogP contribution is -2.12. The van der Waals surface area contributed by atoms with Gasteiger partial charge in [-0.15, -0.1) is 0 Å². The maximum atomic E-state index is 11.7. The molecule has 0 atom stereocenters. The van der Waals surface area contributed by atoms with E-state index in [4.69, 9.17) is 4.74 Å². The quantitative estimate of drug-likeness (QED) is 0.440. The van der Waals surface area contributed by atoms with Gasteiger partial charge in [-0.05, 0) is 35.5 Å². The van der Waals surface area contributed by atoms with Crippen LogP contribution in [0.15, 0.2) is 23.8 Å². The second-order valence-electron chi connectivity index (χ2n) is 5.57. The highest BCUT2D eigenvalue weighted by atomic mass is 16.5. The van der Waals surface area contributed by atoms with Crippen molar-refractivity contribution < 1.29 is 9.53 Å². The summed E-state index contributed by atoms with van der Waals surface area (Å²) in [5.41, 5.74) is 4.18. The van der Waals surface area contributed by atoms with E-state index in [9.17, 15) is 10.1 Å². The summed E-state index contributed by atoms with van der Waals surface area (Å²) in [6.45, 7) is 6.26. The molecule has 98 valence electrons. The minimum Gasteiger partial charge on any atom is -0.465 e. The van der Waals surface area contributed by atoms with Crippen LogP contribution in [0.1, 0.15) is 37.0 Å². The van der Waals surface area contributed by atoms with E-state index in [-0.39, 0.29) is 11.0 Å². The first kappa shape index (κ1) is 13.4. The number of allylic oxidation sites excluding steroid dienone is 1. The Balaban J connectivity index is 2.71.